The Kier molecular flexibility index (Phi) is 6.58. The van der Waals surface area contributed by atoms with Gasteiger partial charge in [0.2, 0.25) is 11.8 Å². The molecule has 10 heteroatoms. The number of nitrogens with one attached hydrogen (secondary N) is 4. The molecule has 1 aromatic heterocycles. The lowest BCUT2D eigenvalue weighted by Gasteiger charge is -2.21. The van der Waals surface area contributed by atoms with Gasteiger partial charge >= 0.3 is 0 Å². The van der Waals surface area contributed by atoms with Gasteiger partial charge in [0.1, 0.15) is 17.8 Å². The van der Waals surface area contributed by atoms with Crippen LogP contribution in [0.15, 0.2) is 18.2 Å². The van der Waals surface area contributed by atoms with Crippen molar-refractivity contribution in [2.75, 3.05) is 6.54 Å². The van der Waals surface area contributed by atoms with Gasteiger partial charge in [-0.25, -0.2) is 0 Å². The first-order valence-corrected chi connectivity index (χ1v) is 11.4. The van der Waals surface area contributed by atoms with Crippen molar-refractivity contribution in [2.45, 2.75) is 44.2 Å². The van der Waals surface area contributed by atoms with Crippen LogP contribution in [0.2, 0.25) is 10.0 Å². The minimum absolute atomic E-state index is 0.0986. The molecule has 1 saturated heterocycles. The monoisotopic (exact) mass is 475 g/mol. The van der Waals surface area contributed by atoms with Gasteiger partial charge < -0.3 is 20.9 Å². The van der Waals surface area contributed by atoms with Gasteiger partial charge in [-0.2, -0.15) is 5.26 Å². The average molecular weight is 476 g/mol. The van der Waals surface area contributed by atoms with E-state index in [1.54, 1.807) is 18.2 Å². The van der Waals surface area contributed by atoms with Gasteiger partial charge in [0.05, 0.1) is 21.6 Å². The molecule has 2 fully saturated rings. The van der Waals surface area contributed by atoms with E-state index < -0.39 is 23.9 Å². The molecule has 8 nitrogen and oxygen atoms in total. The SMILES string of the molecule is N#C[C@H](C[C@@H]1CCNC1=O)NC(=O)[C@H](CC1CC1)NC(=O)c1cc2c(Cl)ccc(Cl)c2[nH]1. The summed E-state index contributed by atoms with van der Waals surface area (Å²) in [4.78, 5) is 40.6. The van der Waals surface area contributed by atoms with Crippen LogP contribution in [0, 0.1) is 23.2 Å². The van der Waals surface area contributed by atoms with E-state index in [4.69, 9.17) is 23.2 Å². The molecule has 2 aromatic rings. The highest BCUT2D eigenvalue weighted by atomic mass is 35.5. The summed E-state index contributed by atoms with van der Waals surface area (Å²) >= 11 is 12.4. The lowest BCUT2D eigenvalue weighted by atomic mass is 9.98. The van der Waals surface area contributed by atoms with E-state index in [0.29, 0.717) is 46.3 Å². The second kappa shape index (κ2) is 9.39. The van der Waals surface area contributed by atoms with Crippen molar-refractivity contribution in [3.05, 3.63) is 33.9 Å². The Bertz CT molecular complexity index is 1070. The van der Waals surface area contributed by atoms with Crippen LogP contribution in [0.25, 0.3) is 10.9 Å². The Morgan fingerprint density at radius 1 is 1.16 bits per heavy atom. The number of fused-ring (bicyclic) bond motifs is 1. The quantitative estimate of drug-likeness (QED) is 0.467. The van der Waals surface area contributed by atoms with Crippen molar-refractivity contribution in [3.8, 4) is 6.07 Å². The number of hydrogen-bond acceptors (Lipinski definition) is 4. The van der Waals surface area contributed by atoms with Crippen LogP contribution < -0.4 is 16.0 Å². The number of rotatable bonds is 8. The third-order valence-electron chi connectivity index (χ3n) is 5.98. The Labute approximate surface area is 195 Å². The first-order chi connectivity index (χ1) is 15.4. The maximum absolute atomic E-state index is 12.9. The minimum Gasteiger partial charge on any atom is -0.356 e. The second-order valence-corrected chi connectivity index (χ2v) is 9.22. The third kappa shape index (κ3) is 5.00. The molecule has 168 valence electrons. The Balaban J connectivity index is 1.45. The largest absolute Gasteiger partial charge is 0.356 e. The summed E-state index contributed by atoms with van der Waals surface area (Å²) in [6, 6.07) is 5.35. The minimum atomic E-state index is -0.805. The summed E-state index contributed by atoms with van der Waals surface area (Å²) in [5, 5.41) is 19.2. The summed E-state index contributed by atoms with van der Waals surface area (Å²) in [6.45, 7) is 0.578. The molecule has 0 bridgehead atoms. The number of H-pyrrole nitrogens is 1. The van der Waals surface area contributed by atoms with Crippen LogP contribution in [0.5, 0.6) is 0 Å². The van der Waals surface area contributed by atoms with Crippen LogP contribution in [-0.2, 0) is 9.59 Å². The Morgan fingerprint density at radius 2 is 1.91 bits per heavy atom. The smallest absolute Gasteiger partial charge is 0.268 e. The molecule has 0 spiro atoms. The molecular weight excluding hydrogens is 453 g/mol. The van der Waals surface area contributed by atoms with Crippen LogP contribution in [0.4, 0.5) is 0 Å². The fourth-order valence-corrected chi connectivity index (χ4v) is 4.42. The number of carbonyl (C=O) groups excluding carboxylic acids is 3. The van der Waals surface area contributed by atoms with Crippen LogP contribution in [-0.4, -0.2) is 41.3 Å². The fraction of sp³-hybridized carbons (Fsp3) is 0.455. The summed E-state index contributed by atoms with van der Waals surface area (Å²) in [6.07, 6.45) is 3.38. The number of nitrogens with zero attached hydrogens (tertiary/aromatic N) is 1. The standard InChI is InChI=1S/C22H23Cl2N5O3/c23-15-3-4-16(24)19-14(15)9-18(28-19)22(32)29-17(7-11-1-2-11)21(31)27-13(10-25)8-12-5-6-26-20(12)30/h3-4,9,11-13,17,28H,1-2,5-8H2,(H,26,30)(H,27,31)(H,29,32)/t12-,13-,17-/m0/s1. The molecule has 4 N–H and O–H groups in total. The molecule has 1 aliphatic carbocycles. The number of nitriles is 1. The zero-order valence-electron chi connectivity index (χ0n) is 17.2. The highest BCUT2D eigenvalue weighted by Crippen LogP contribution is 2.34. The molecule has 1 aliphatic heterocycles. The lowest BCUT2D eigenvalue weighted by molar-refractivity contribution is -0.125. The van der Waals surface area contributed by atoms with E-state index in [-0.39, 0.29) is 23.9 Å². The van der Waals surface area contributed by atoms with Crippen molar-refractivity contribution >= 4 is 51.8 Å². The normalized spacial score (nSPS) is 19.8. The lowest BCUT2D eigenvalue weighted by Crippen LogP contribution is -2.50. The van der Waals surface area contributed by atoms with Crippen LogP contribution in [0.3, 0.4) is 0 Å². The predicted molar refractivity (Wildman–Crippen MR) is 120 cm³/mol. The van der Waals surface area contributed by atoms with E-state index >= 15 is 0 Å². The van der Waals surface area contributed by atoms with E-state index in [2.05, 4.69) is 27.0 Å². The number of amides is 3. The van der Waals surface area contributed by atoms with Gasteiger partial charge in [0, 0.05) is 17.8 Å². The molecule has 2 aliphatic rings. The molecule has 32 heavy (non-hydrogen) atoms. The molecule has 3 amide bonds. The van der Waals surface area contributed by atoms with Gasteiger partial charge in [0.15, 0.2) is 0 Å². The van der Waals surface area contributed by atoms with E-state index in [9.17, 15) is 19.6 Å². The van der Waals surface area contributed by atoms with E-state index in [1.807, 2.05) is 0 Å². The Hall–Kier alpha value is -2.76. The Morgan fingerprint density at radius 3 is 2.53 bits per heavy atom. The number of hydrogen-bond donors (Lipinski definition) is 4. The van der Waals surface area contributed by atoms with Gasteiger partial charge in [-0.1, -0.05) is 36.0 Å². The molecule has 0 radical (unpaired) electrons. The van der Waals surface area contributed by atoms with Crippen molar-refractivity contribution in [3.63, 3.8) is 0 Å². The van der Waals surface area contributed by atoms with Gasteiger partial charge in [-0.3, -0.25) is 14.4 Å². The third-order valence-corrected chi connectivity index (χ3v) is 6.62. The number of carbonyl (C=O) groups is 3. The number of aromatic amines is 1. The van der Waals surface area contributed by atoms with E-state index in [1.165, 1.54) is 0 Å². The summed E-state index contributed by atoms with van der Waals surface area (Å²) in [5.74, 6) is -0.922. The van der Waals surface area contributed by atoms with Gasteiger partial charge in [-0.15, -0.1) is 0 Å². The fourth-order valence-electron chi connectivity index (χ4n) is 4.00. The first-order valence-electron chi connectivity index (χ1n) is 10.6. The molecule has 1 saturated carbocycles. The maximum atomic E-state index is 12.9. The van der Waals surface area contributed by atoms with Crippen molar-refractivity contribution in [1.29, 1.82) is 5.26 Å². The van der Waals surface area contributed by atoms with E-state index in [0.717, 1.165) is 12.8 Å². The van der Waals surface area contributed by atoms with Crippen LogP contribution in [0.1, 0.15) is 42.6 Å². The highest BCUT2D eigenvalue weighted by Gasteiger charge is 2.33. The van der Waals surface area contributed by atoms with Crippen molar-refractivity contribution < 1.29 is 14.4 Å². The predicted octanol–water partition coefficient (Wildman–Crippen LogP) is 2.91. The second-order valence-electron chi connectivity index (χ2n) is 8.41. The topological polar surface area (TPSA) is 127 Å². The molecular formula is C22H23Cl2N5O3. The molecule has 4 rings (SSSR count). The average Bonchev–Trinajstić information content (AvgIpc) is 3.31. The molecule has 2 heterocycles. The maximum Gasteiger partial charge on any atom is 0.268 e. The zero-order chi connectivity index (χ0) is 22.8. The highest BCUT2D eigenvalue weighted by molar-refractivity contribution is 6.40. The first kappa shape index (κ1) is 22.4. The van der Waals surface area contributed by atoms with Crippen molar-refractivity contribution in [1.82, 2.24) is 20.9 Å². The van der Waals surface area contributed by atoms with Crippen molar-refractivity contribution in [2.24, 2.45) is 11.8 Å². The molecule has 1 aromatic carbocycles. The molecule has 0 unspecified atom stereocenters. The van der Waals surface area contributed by atoms with Gasteiger partial charge in [-0.05, 0) is 43.4 Å². The number of aromatic nitrogens is 1. The zero-order valence-corrected chi connectivity index (χ0v) is 18.7. The van der Waals surface area contributed by atoms with Crippen LogP contribution >= 0.6 is 23.2 Å². The number of benzene rings is 1. The molecule has 3 atom stereocenters. The summed E-state index contributed by atoms with van der Waals surface area (Å²) < 4.78 is 0. The number of halogens is 2. The summed E-state index contributed by atoms with van der Waals surface area (Å²) in [5.41, 5.74) is 0.787. The van der Waals surface area contributed by atoms with Gasteiger partial charge in [0.25, 0.3) is 5.91 Å². The summed E-state index contributed by atoms with van der Waals surface area (Å²) in [7, 11) is 0.